The van der Waals surface area contributed by atoms with Crippen LogP contribution in [0.3, 0.4) is 0 Å². The molecule has 2 rings (SSSR count). The smallest absolute Gasteiger partial charge is 0.236 e. The number of amides is 1. The summed E-state index contributed by atoms with van der Waals surface area (Å²) in [7, 11) is 1.90. The molecule has 3 heteroatoms. The van der Waals surface area contributed by atoms with E-state index >= 15 is 0 Å². The molecule has 0 saturated heterocycles. The third-order valence-corrected chi connectivity index (χ3v) is 3.74. The van der Waals surface area contributed by atoms with Crippen molar-refractivity contribution in [3.63, 3.8) is 0 Å². The number of benzene rings is 1. The predicted molar refractivity (Wildman–Crippen MR) is 78.0 cm³/mol. The van der Waals surface area contributed by atoms with E-state index in [1.165, 1.54) is 24.0 Å². The number of carbonyl (C=O) groups is 1. The van der Waals surface area contributed by atoms with Crippen molar-refractivity contribution >= 4 is 5.91 Å². The maximum atomic E-state index is 11.8. The van der Waals surface area contributed by atoms with Crippen LogP contribution in [-0.2, 0) is 11.3 Å². The van der Waals surface area contributed by atoms with Gasteiger partial charge in [0.05, 0.1) is 6.54 Å². The first-order valence-electron chi connectivity index (χ1n) is 7.13. The van der Waals surface area contributed by atoms with Crippen molar-refractivity contribution in [2.24, 2.45) is 0 Å². The molecule has 104 valence electrons. The first kappa shape index (κ1) is 14.1. The first-order chi connectivity index (χ1) is 9.08. The van der Waals surface area contributed by atoms with Crippen LogP contribution >= 0.6 is 0 Å². The molecule has 1 aliphatic carbocycles. The lowest BCUT2D eigenvalue weighted by Crippen LogP contribution is -2.36. The number of nitrogens with zero attached hydrogens (tertiary/aromatic N) is 1. The second-order valence-corrected chi connectivity index (χ2v) is 5.74. The maximum absolute atomic E-state index is 11.8. The van der Waals surface area contributed by atoms with Gasteiger partial charge in [-0.25, -0.2) is 0 Å². The van der Waals surface area contributed by atoms with Crippen LogP contribution in [0.4, 0.5) is 0 Å². The van der Waals surface area contributed by atoms with Crippen molar-refractivity contribution in [1.82, 2.24) is 10.2 Å². The highest BCUT2D eigenvalue weighted by molar-refractivity contribution is 5.78. The second-order valence-electron chi connectivity index (χ2n) is 5.74. The fourth-order valence-corrected chi connectivity index (χ4v) is 2.12. The number of likely N-dealkylation sites (N-methyl/N-ethyl adjacent to an activating group) is 1. The average Bonchev–Trinajstić information content (AvgIpc) is 3.22. The summed E-state index contributed by atoms with van der Waals surface area (Å²) in [6.45, 7) is 5.57. The molecule has 1 aliphatic rings. The summed E-state index contributed by atoms with van der Waals surface area (Å²) in [5.41, 5.74) is 2.58. The van der Waals surface area contributed by atoms with Crippen molar-refractivity contribution < 1.29 is 4.79 Å². The number of carbonyl (C=O) groups excluding carboxylic acids is 1. The lowest BCUT2D eigenvalue weighted by atomic mass is 10.0. The molecule has 0 bridgehead atoms. The lowest BCUT2D eigenvalue weighted by Gasteiger charge is -2.16. The summed E-state index contributed by atoms with van der Waals surface area (Å²) in [4.78, 5) is 13.7. The SMILES string of the molecule is CC(C)c1ccc(CNCC(=O)N(C)C2CC2)cc1. The molecule has 1 fully saturated rings. The molecule has 19 heavy (non-hydrogen) atoms. The Kier molecular flexibility index (Phi) is 4.59. The fourth-order valence-electron chi connectivity index (χ4n) is 2.12. The van der Waals surface area contributed by atoms with Gasteiger partial charge in [-0.15, -0.1) is 0 Å². The Hall–Kier alpha value is -1.35. The van der Waals surface area contributed by atoms with Crippen LogP contribution in [-0.4, -0.2) is 30.4 Å². The second kappa shape index (κ2) is 6.20. The van der Waals surface area contributed by atoms with Crippen LogP contribution < -0.4 is 5.32 Å². The Morgan fingerprint density at radius 1 is 1.32 bits per heavy atom. The molecule has 0 atom stereocenters. The summed E-state index contributed by atoms with van der Waals surface area (Å²) in [5.74, 6) is 0.761. The minimum absolute atomic E-state index is 0.196. The number of nitrogens with one attached hydrogen (secondary N) is 1. The molecule has 0 aromatic heterocycles. The minimum atomic E-state index is 0.196. The molecule has 0 spiro atoms. The van der Waals surface area contributed by atoms with Crippen molar-refractivity contribution in [3.05, 3.63) is 35.4 Å². The highest BCUT2D eigenvalue weighted by Gasteiger charge is 2.28. The van der Waals surface area contributed by atoms with Crippen LogP contribution in [0, 0.1) is 0 Å². The Labute approximate surface area is 116 Å². The third-order valence-electron chi connectivity index (χ3n) is 3.74. The van der Waals surface area contributed by atoms with Crippen LogP contribution in [0.5, 0.6) is 0 Å². The Bertz CT molecular complexity index is 421. The van der Waals surface area contributed by atoms with Crippen LogP contribution in [0.15, 0.2) is 24.3 Å². The predicted octanol–water partition coefficient (Wildman–Crippen LogP) is 2.52. The van der Waals surface area contributed by atoms with Gasteiger partial charge in [0.25, 0.3) is 0 Å². The third kappa shape index (κ3) is 4.06. The number of rotatable bonds is 6. The molecule has 3 nitrogen and oxygen atoms in total. The number of hydrogen-bond acceptors (Lipinski definition) is 2. The van der Waals surface area contributed by atoms with Crippen molar-refractivity contribution in [2.45, 2.75) is 45.2 Å². The van der Waals surface area contributed by atoms with E-state index in [4.69, 9.17) is 0 Å². The molecule has 0 heterocycles. The highest BCUT2D eigenvalue weighted by atomic mass is 16.2. The van der Waals surface area contributed by atoms with Crippen LogP contribution in [0.1, 0.15) is 43.7 Å². The van der Waals surface area contributed by atoms with Crippen molar-refractivity contribution in [2.75, 3.05) is 13.6 Å². The van der Waals surface area contributed by atoms with E-state index in [1.807, 2.05) is 11.9 Å². The summed E-state index contributed by atoms with van der Waals surface area (Å²) >= 11 is 0. The Balaban J connectivity index is 1.74. The molecular formula is C16H24N2O. The molecule has 1 aromatic rings. The van der Waals surface area contributed by atoms with E-state index in [1.54, 1.807) is 0 Å². The fraction of sp³-hybridized carbons (Fsp3) is 0.562. The van der Waals surface area contributed by atoms with E-state index in [9.17, 15) is 4.79 Å². The van der Waals surface area contributed by atoms with Crippen LogP contribution in [0.25, 0.3) is 0 Å². The molecule has 1 saturated carbocycles. The van der Waals surface area contributed by atoms with E-state index < -0.39 is 0 Å². The monoisotopic (exact) mass is 260 g/mol. The molecular weight excluding hydrogens is 236 g/mol. The Morgan fingerprint density at radius 2 is 1.95 bits per heavy atom. The first-order valence-corrected chi connectivity index (χ1v) is 7.13. The maximum Gasteiger partial charge on any atom is 0.236 e. The van der Waals surface area contributed by atoms with Gasteiger partial charge in [-0.2, -0.15) is 0 Å². The summed E-state index contributed by atoms with van der Waals surface area (Å²) in [5, 5.41) is 3.22. The van der Waals surface area contributed by atoms with Gasteiger partial charge in [0.15, 0.2) is 0 Å². The summed E-state index contributed by atoms with van der Waals surface area (Å²) in [6.07, 6.45) is 2.33. The van der Waals surface area contributed by atoms with E-state index in [0.29, 0.717) is 18.5 Å². The quantitative estimate of drug-likeness (QED) is 0.852. The van der Waals surface area contributed by atoms with Gasteiger partial charge in [-0.3, -0.25) is 4.79 Å². The number of hydrogen-bond donors (Lipinski definition) is 1. The van der Waals surface area contributed by atoms with Crippen molar-refractivity contribution in [1.29, 1.82) is 0 Å². The molecule has 0 aliphatic heterocycles. The van der Waals surface area contributed by atoms with Gasteiger partial charge in [-0.05, 0) is 29.9 Å². The van der Waals surface area contributed by atoms with E-state index in [-0.39, 0.29) is 5.91 Å². The zero-order chi connectivity index (χ0) is 13.8. The average molecular weight is 260 g/mol. The zero-order valence-corrected chi connectivity index (χ0v) is 12.1. The largest absolute Gasteiger partial charge is 0.342 e. The van der Waals surface area contributed by atoms with Crippen LogP contribution in [0.2, 0.25) is 0 Å². The van der Waals surface area contributed by atoms with Gasteiger partial charge in [0.2, 0.25) is 5.91 Å². The summed E-state index contributed by atoms with van der Waals surface area (Å²) < 4.78 is 0. The minimum Gasteiger partial charge on any atom is -0.342 e. The van der Waals surface area contributed by atoms with Gasteiger partial charge >= 0.3 is 0 Å². The lowest BCUT2D eigenvalue weighted by molar-refractivity contribution is -0.129. The molecule has 0 radical (unpaired) electrons. The zero-order valence-electron chi connectivity index (χ0n) is 12.1. The molecule has 1 amide bonds. The highest BCUT2D eigenvalue weighted by Crippen LogP contribution is 2.25. The van der Waals surface area contributed by atoms with E-state index in [2.05, 4.69) is 43.4 Å². The normalized spacial score (nSPS) is 14.7. The molecule has 1 aromatic carbocycles. The molecule has 0 unspecified atom stereocenters. The van der Waals surface area contributed by atoms with E-state index in [0.717, 1.165) is 6.54 Å². The topological polar surface area (TPSA) is 32.3 Å². The van der Waals surface area contributed by atoms with Gasteiger partial charge < -0.3 is 10.2 Å². The summed E-state index contributed by atoms with van der Waals surface area (Å²) in [6, 6.07) is 9.11. The molecule has 1 N–H and O–H groups in total. The van der Waals surface area contributed by atoms with Crippen molar-refractivity contribution in [3.8, 4) is 0 Å². The van der Waals surface area contributed by atoms with Gasteiger partial charge in [-0.1, -0.05) is 38.1 Å². The van der Waals surface area contributed by atoms with Gasteiger partial charge in [0, 0.05) is 19.6 Å². The Morgan fingerprint density at radius 3 is 2.47 bits per heavy atom. The van der Waals surface area contributed by atoms with Gasteiger partial charge in [0.1, 0.15) is 0 Å². The standard InChI is InChI=1S/C16H24N2O/c1-12(2)14-6-4-13(5-7-14)10-17-11-16(19)18(3)15-8-9-15/h4-7,12,15,17H,8-11H2,1-3H3.